The Labute approximate surface area is 103 Å². The van der Waals surface area contributed by atoms with Crippen LogP contribution < -0.4 is 5.32 Å². The molecule has 1 N–H and O–H groups in total. The molecule has 1 aliphatic rings. The summed E-state index contributed by atoms with van der Waals surface area (Å²) in [5, 5.41) is 2.98. The molecule has 1 heterocycles. The number of nitrogens with one attached hydrogen (secondary N) is 1. The molecule has 2 rings (SSSR count). The molecule has 0 saturated heterocycles. The van der Waals surface area contributed by atoms with E-state index >= 15 is 0 Å². The molecule has 0 bridgehead atoms. The van der Waals surface area contributed by atoms with Crippen molar-refractivity contribution in [2.24, 2.45) is 5.92 Å². The fraction of sp³-hybridized carbons (Fsp3) is 0.692. The van der Waals surface area contributed by atoms with Crippen LogP contribution in [0.15, 0.2) is 12.4 Å². The molecule has 0 unspecified atom stereocenters. The van der Waals surface area contributed by atoms with Gasteiger partial charge in [0.1, 0.15) is 5.82 Å². The standard InChI is InChI=1S/C13H22N4/c1-3-17(9-11-5-4-6-11)10-12-7-16-13(14-2)8-15-12/h7-8,11H,3-6,9-10H2,1-2H3,(H,14,16). The monoisotopic (exact) mass is 234 g/mol. The third-order valence-electron chi connectivity index (χ3n) is 3.54. The summed E-state index contributed by atoms with van der Waals surface area (Å²) in [6, 6.07) is 0. The highest BCUT2D eigenvalue weighted by Gasteiger charge is 2.20. The van der Waals surface area contributed by atoms with Crippen LogP contribution in [0.1, 0.15) is 31.9 Å². The van der Waals surface area contributed by atoms with E-state index in [0.717, 1.165) is 30.5 Å². The molecular formula is C13H22N4. The minimum Gasteiger partial charge on any atom is -0.372 e. The maximum atomic E-state index is 4.42. The van der Waals surface area contributed by atoms with Gasteiger partial charge in [-0.15, -0.1) is 0 Å². The van der Waals surface area contributed by atoms with E-state index in [2.05, 4.69) is 27.1 Å². The Kier molecular flexibility index (Phi) is 4.31. The van der Waals surface area contributed by atoms with E-state index in [1.54, 1.807) is 6.20 Å². The fourth-order valence-corrected chi connectivity index (χ4v) is 2.14. The maximum Gasteiger partial charge on any atom is 0.144 e. The topological polar surface area (TPSA) is 41.1 Å². The Morgan fingerprint density at radius 1 is 1.35 bits per heavy atom. The third-order valence-corrected chi connectivity index (χ3v) is 3.54. The summed E-state index contributed by atoms with van der Waals surface area (Å²) in [5.41, 5.74) is 1.06. The summed E-state index contributed by atoms with van der Waals surface area (Å²) in [7, 11) is 1.86. The summed E-state index contributed by atoms with van der Waals surface area (Å²) in [5.74, 6) is 1.75. The van der Waals surface area contributed by atoms with Gasteiger partial charge in [-0.1, -0.05) is 13.3 Å². The minimum absolute atomic E-state index is 0.829. The van der Waals surface area contributed by atoms with Crippen LogP contribution in [0, 0.1) is 5.92 Å². The van der Waals surface area contributed by atoms with Crippen molar-refractivity contribution in [3.63, 3.8) is 0 Å². The van der Waals surface area contributed by atoms with Crippen molar-refractivity contribution in [2.45, 2.75) is 32.7 Å². The predicted octanol–water partition coefficient (Wildman–Crippen LogP) is 2.14. The van der Waals surface area contributed by atoms with Gasteiger partial charge in [0, 0.05) is 20.1 Å². The van der Waals surface area contributed by atoms with Crippen LogP contribution in [0.3, 0.4) is 0 Å². The summed E-state index contributed by atoms with van der Waals surface area (Å²) in [6.45, 7) is 5.44. The molecule has 0 aliphatic heterocycles. The maximum absolute atomic E-state index is 4.42. The Hall–Kier alpha value is -1.16. The largest absolute Gasteiger partial charge is 0.372 e. The Balaban J connectivity index is 1.87. The minimum atomic E-state index is 0.829. The molecule has 0 radical (unpaired) electrons. The molecule has 0 aromatic carbocycles. The first-order valence-electron chi connectivity index (χ1n) is 6.53. The molecule has 1 saturated carbocycles. The molecule has 1 aromatic rings. The van der Waals surface area contributed by atoms with Crippen molar-refractivity contribution < 1.29 is 0 Å². The zero-order valence-corrected chi connectivity index (χ0v) is 10.8. The van der Waals surface area contributed by atoms with Gasteiger partial charge < -0.3 is 5.32 Å². The molecule has 4 nitrogen and oxygen atoms in total. The van der Waals surface area contributed by atoms with Gasteiger partial charge in [-0.2, -0.15) is 0 Å². The zero-order valence-electron chi connectivity index (χ0n) is 10.8. The van der Waals surface area contributed by atoms with Gasteiger partial charge in [0.05, 0.1) is 18.1 Å². The summed E-state index contributed by atoms with van der Waals surface area (Å²) in [6.07, 6.45) is 7.89. The van der Waals surface area contributed by atoms with Gasteiger partial charge in [0.2, 0.25) is 0 Å². The molecule has 94 valence electrons. The predicted molar refractivity (Wildman–Crippen MR) is 69.9 cm³/mol. The second-order valence-electron chi connectivity index (χ2n) is 4.77. The summed E-state index contributed by atoms with van der Waals surface area (Å²) < 4.78 is 0. The first-order valence-corrected chi connectivity index (χ1v) is 6.53. The molecule has 0 amide bonds. The number of hydrogen-bond acceptors (Lipinski definition) is 4. The van der Waals surface area contributed by atoms with Crippen LogP contribution >= 0.6 is 0 Å². The average molecular weight is 234 g/mol. The third kappa shape index (κ3) is 3.40. The number of hydrogen-bond donors (Lipinski definition) is 1. The van der Waals surface area contributed by atoms with E-state index in [0.29, 0.717) is 0 Å². The zero-order chi connectivity index (χ0) is 12.1. The molecule has 0 spiro atoms. The molecule has 0 atom stereocenters. The highest BCUT2D eigenvalue weighted by atomic mass is 15.1. The van der Waals surface area contributed by atoms with Crippen LogP contribution in [-0.2, 0) is 6.54 Å². The van der Waals surface area contributed by atoms with E-state index in [1.807, 2.05) is 13.2 Å². The Morgan fingerprint density at radius 2 is 2.18 bits per heavy atom. The molecule has 17 heavy (non-hydrogen) atoms. The molecular weight excluding hydrogens is 212 g/mol. The second-order valence-corrected chi connectivity index (χ2v) is 4.77. The van der Waals surface area contributed by atoms with Crippen LogP contribution in [0.25, 0.3) is 0 Å². The van der Waals surface area contributed by atoms with Gasteiger partial charge in [-0.3, -0.25) is 9.88 Å². The number of nitrogens with zero attached hydrogens (tertiary/aromatic N) is 3. The van der Waals surface area contributed by atoms with Crippen molar-refractivity contribution in [3.05, 3.63) is 18.1 Å². The van der Waals surface area contributed by atoms with E-state index in [9.17, 15) is 0 Å². The highest BCUT2D eigenvalue weighted by molar-refractivity contribution is 5.29. The first-order chi connectivity index (χ1) is 8.31. The van der Waals surface area contributed by atoms with E-state index in [-0.39, 0.29) is 0 Å². The van der Waals surface area contributed by atoms with E-state index in [1.165, 1.54) is 25.8 Å². The normalized spacial score (nSPS) is 15.9. The van der Waals surface area contributed by atoms with Gasteiger partial charge in [0.15, 0.2) is 0 Å². The smallest absolute Gasteiger partial charge is 0.144 e. The Morgan fingerprint density at radius 3 is 2.65 bits per heavy atom. The van der Waals surface area contributed by atoms with Gasteiger partial charge in [0.25, 0.3) is 0 Å². The molecule has 1 aliphatic carbocycles. The average Bonchev–Trinajstić information content (AvgIpc) is 2.33. The van der Waals surface area contributed by atoms with Crippen LogP contribution in [-0.4, -0.2) is 35.0 Å². The van der Waals surface area contributed by atoms with Crippen molar-refractivity contribution in [3.8, 4) is 0 Å². The SMILES string of the molecule is CCN(Cc1cnc(NC)cn1)CC1CCC1. The van der Waals surface area contributed by atoms with Crippen molar-refractivity contribution in [1.82, 2.24) is 14.9 Å². The lowest BCUT2D eigenvalue weighted by atomic mass is 9.85. The van der Waals surface area contributed by atoms with Crippen molar-refractivity contribution in [1.29, 1.82) is 0 Å². The lowest BCUT2D eigenvalue weighted by Gasteiger charge is -2.31. The quantitative estimate of drug-likeness (QED) is 0.818. The summed E-state index contributed by atoms with van der Waals surface area (Å²) in [4.78, 5) is 11.2. The molecule has 1 fully saturated rings. The molecule has 1 aromatic heterocycles. The number of anilines is 1. The molecule has 4 heteroatoms. The van der Waals surface area contributed by atoms with Crippen molar-refractivity contribution >= 4 is 5.82 Å². The number of rotatable bonds is 6. The lowest BCUT2D eigenvalue weighted by Crippen LogP contribution is -2.32. The van der Waals surface area contributed by atoms with Crippen LogP contribution in [0.5, 0.6) is 0 Å². The first kappa shape index (κ1) is 12.3. The van der Waals surface area contributed by atoms with Gasteiger partial charge >= 0.3 is 0 Å². The number of aromatic nitrogens is 2. The van der Waals surface area contributed by atoms with Crippen molar-refractivity contribution in [2.75, 3.05) is 25.5 Å². The van der Waals surface area contributed by atoms with Gasteiger partial charge in [-0.25, -0.2) is 4.98 Å². The summed E-state index contributed by atoms with van der Waals surface area (Å²) >= 11 is 0. The van der Waals surface area contributed by atoms with E-state index < -0.39 is 0 Å². The van der Waals surface area contributed by atoms with E-state index in [4.69, 9.17) is 0 Å². The van der Waals surface area contributed by atoms with Crippen LogP contribution in [0.2, 0.25) is 0 Å². The fourth-order valence-electron chi connectivity index (χ4n) is 2.14. The van der Waals surface area contributed by atoms with Crippen LogP contribution in [0.4, 0.5) is 5.82 Å². The highest BCUT2D eigenvalue weighted by Crippen LogP contribution is 2.27. The second kappa shape index (κ2) is 5.96. The lowest BCUT2D eigenvalue weighted by molar-refractivity contribution is 0.176. The Bertz CT molecular complexity index is 332. The van der Waals surface area contributed by atoms with Gasteiger partial charge in [-0.05, 0) is 25.3 Å².